The van der Waals surface area contributed by atoms with Crippen LogP contribution in [0.2, 0.25) is 0 Å². The smallest absolute Gasteiger partial charge is 0.234 e. The number of para-hydroxylation sites is 3. The summed E-state index contributed by atoms with van der Waals surface area (Å²) >= 11 is 1.35. The molecule has 1 fully saturated rings. The van der Waals surface area contributed by atoms with Gasteiger partial charge in [-0.15, -0.1) is 0 Å². The predicted octanol–water partition coefficient (Wildman–Crippen LogP) is 4.11. The standard InChI is InChI=1S/C25H29N5O2S/c1-3-19-8-4-5-9-20(19)27-24(31)18-33-25-26-13-12-23(28-25)30-16-14-29(15-17-30)21-10-6-7-11-22(21)32-2/h4-13H,3,14-18H2,1-2H3,(H,27,31). The van der Waals surface area contributed by atoms with Gasteiger partial charge >= 0.3 is 0 Å². The summed E-state index contributed by atoms with van der Waals surface area (Å²) in [6.45, 7) is 5.55. The van der Waals surface area contributed by atoms with Crippen LogP contribution in [0.1, 0.15) is 12.5 Å². The first kappa shape index (κ1) is 22.9. The van der Waals surface area contributed by atoms with Crippen LogP contribution < -0.4 is 19.9 Å². The summed E-state index contributed by atoms with van der Waals surface area (Å²) in [7, 11) is 1.71. The Kier molecular flexibility index (Phi) is 7.67. The normalized spacial score (nSPS) is 13.6. The van der Waals surface area contributed by atoms with Gasteiger partial charge in [-0.05, 0) is 36.2 Å². The topological polar surface area (TPSA) is 70.6 Å². The first-order valence-corrected chi connectivity index (χ1v) is 12.1. The molecule has 1 N–H and O–H groups in total. The zero-order valence-corrected chi connectivity index (χ0v) is 19.8. The number of carbonyl (C=O) groups excluding carboxylic acids is 1. The number of methoxy groups -OCH3 is 1. The number of piperazine rings is 1. The summed E-state index contributed by atoms with van der Waals surface area (Å²) in [5, 5.41) is 3.61. The van der Waals surface area contributed by atoms with E-state index in [2.05, 4.69) is 33.1 Å². The van der Waals surface area contributed by atoms with Crippen LogP contribution in [0.5, 0.6) is 5.75 Å². The number of amides is 1. The minimum Gasteiger partial charge on any atom is -0.495 e. The third kappa shape index (κ3) is 5.76. The van der Waals surface area contributed by atoms with Gasteiger partial charge in [0.2, 0.25) is 5.91 Å². The molecule has 33 heavy (non-hydrogen) atoms. The second-order valence-corrected chi connectivity index (χ2v) is 8.63. The molecule has 0 radical (unpaired) electrons. The Morgan fingerprint density at radius 2 is 1.76 bits per heavy atom. The molecule has 172 valence electrons. The van der Waals surface area contributed by atoms with Crippen LogP contribution >= 0.6 is 11.8 Å². The molecule has 7 nitrogen and oxygen atoms in total. The highest BCUT2D eigenvalue weighted by molar-refractivity contribution is 7.99. The lowest BCUT2D eigenvalue weighted by Crippen LogP contribution is -2.47. The van der Waals surface area contributed by atoms with Gasteiger partial charge in [-0.1, -0.05) is 49.0 Å². The minimum atomic E-state index is -0.0553. The van der Waals surface area contributed by atoms with Gasteiger partial charge in [0.1, 0.15) is 11.6 Å². The molecule has 1 aromatic heterocycles. The first-order valence-electron chi connectivity index (χ1n) is 11.1. The van der Waals surface area contributed by atoms with E-state index in [0.29, 0.717) is 5.16 Å². The number of hydrogen-bond acceptors (Lipinski definition) is 7. The van der Waals surface area contributed by atoms with Crippen molar-refractivity contribution >= 4 is 34.9 Å². The number of benzene rings is 2. The average Bonchev–Trinajstić information content (AvgIpc) is 2.88. The molecular formula is C25H29N5O2S. The Balaban J connectivity index is 1.32. The lowest BCUT2D eigenvalue weighted by Gasteiger charge is -2.37. The molecule has 1 aliphatic heterocycles. The van der Waals surface area contributed by atoms with Gasteiger partial charge in [0, 0.05) is 38.1 Å². The second-order valence-electron chi connectivity index (χ2n) is 7.69. The zero-order chi connectivity index (χ0) is 23.0. The number of aromatic nitrogens is 2. The number of rotatable bonds is 8. The Hall–Kier alpha value is -3.26. The maximum atomic E-state index is 12.4. The number of nitrogens with zero attached hydrogens (tertiary/aromatic N) is 4. The van der Waals surface area contributed by atoms with Crippen molar-refractivity contribution in [3.05, 3.63) is 66.4 Å². The van der Waals surface area contributed by atoms with Gasteiger partial charge in [-0.25, -0.2) is 9.97 Å². The molecule has 0 unspecified atom stereocenters. The fourth-order valence-corrected chi connectivity index (χ4v) is 4.54. The van der Waals surface area contributed by atoms with Crippen molar-refractivity contribution < 1.29 is 9.53 Å². The molecule has 0 saturated carbocycles. The van der Waals surface area contributed by atoms with Gasteiger partial charge in [-0.2, -0.15) is 0 Å². The molecule has 0 spiro atoms. The molecule has 3 aromatic rings. The maximum absolute atomic E-state index is 12.4. The second kappa shape index (κ2) is 11.0. The van der Waals surface area contributed by atoms with Gasteiger partial charge < -0.3 is 19.9 Å². The van der Waals surface area contributed by atoms with Crippen molar-refractivity contribution in [1.29, 1.82) is 0 Å². The maximum Gasteiger partial charge on any atom is 0.234 e. The number of anilines is 3. The molecular weight excluding hydrogens is 434 g/mol. The van der Waals surface area contributed by atoms with Gasteiger partial charge in [-0.3, -0.25) is 4.79 Å². The van der Waals surface area contributed by atoms with Crippen LogP contribution in [-0.4, -0.2) is 54.9 Å². The van der Waals surface area contributed by atoms with Crippen molar-refractivity contribution in [3.63, 3.8) is 0 Å². The predicted molar refractivity (Wildman–Crippen MR) is 135 cm³/mol. The summed E-state index contributed by atoms with van der Waals surface area (Å²) in [6, 6.07) is 17.9. The third-order valence-corrected chi connectivity index (χ3v) is 6.51. The van der Waals surface area contributed by atoms with E-state index < -0.39 is 0 Å². The van der Waals surface area contributed by atoms with E-state index in [0.717, 1.165) is 61.1 Å². The molecule has 4 rings (SSSR count). The fraction of sp³-hybridized carbons (Fsp3) is 0.320. The molecule has 0 aliphatic carbocycles. The Labute approximate surface area is 199 Å². The lowest BCUT2D eigenvalue weighted by atomic mass is 10.1. The average molecular weight is 464 g/mol. The highest BCUT2D eigenvalue weighted by Gasteiger charge is 2.21. The van der Waals surface area contributed by atoms with E-state index in [1.165, 1.54) is 11.8 Å². The monoisotopic (exact) mass is 463 g/mol. The summed E-state index contributed by atoms with van der Waals surface area (Å²) < 4.78 is 5.51. The van der Waals surface area contributed by atoms with Crippen molar-refractivity contribution in [3.8, 4) is 5.75 Å². The summed E-state index contributed by atoms with van der Waals surface area (Å²) in [5.41, 5.74) is 3.11. The SMILES string of the molecule is CCc1ccccc1NC(=O)CSc1nccc(N2CCN(c3ccccc3OC)CC2)n1. The van der Waals surface area contributed by atoms with Crippen molar-refractivity contribution in [2.75, 3.05) is 54.2 Å². The van der Waals surface area contributed by atoms with Gasteiger partial charge in [0.25, 0.3) is 0 Å². The number of ether oxygens (including phenoxy) is 1. The van der Waals surface area contributed by atoms with E-state index in [1.54, 1.807) is 13.3 Å². The molecule has 8 heteroatoms. The first-order chi connectivity index (χ1) is 16.2. The quantitative estimate of drug-likeness (QED) is 0.398. The highest BCUT2D eigenvalue weighted by Crippen LogP contribution is 2.29. The van der Waals surface area contributed by atoms with Crippen LogP contribution in [0.25, 0.3) is 0 Å². The van der Waals surface area contributed by atoms with Gasteiger partial charge in [0.15, 0.2) is 5.16 Å². The molecule has 0 bridgehead atoms. The number of carbonyl (C=O) groups is 1. The van der Waals surface area contributed by atoms with Gasteiger partial charge in [0.05, 0.1) is 18.6 Å². The minimum absolute atomic E-state index is 0.0553. The zero-order valence-electron chi connectivity index (χ0n) is 19.0. The van der Waals surface area contributed by atoms with E-state index in [-0.39, 0.29) is 11.7 Å². The highest BCUT2D eigenvalue weighted by atomic mass is 32.2. The van der Waals surface area contributed by atoms with E-state index in [9.17, 15) is 4.79 Å². The number of hydrogen-bond donors (Lipinski definition) is 1. The lowest BCUT2D eigenvalue weighted by molar-refractivity contribution is -0.113. The number of aryl methyl sites for hydroxylation is 1. The third-order valence-electron chi connectivity index (χ3n) is 5.65. The van der Waals surface area contributed by atoms with Crippen LogP contribution in [0, 0.1) is 0 Å². The molecule has 1 amide bonds. The number of thioether (sulfide) groups is 1. The summed E-state index contributed by atoms with van der Waals surface area (Å²) in [4.78, 5) is 26.1. The van der Waals surface area contributed by atoms with Crippen molar-refractivity contribution in [1.82, 2.24) is 9.97 Å². The number of nitrogens with one attached hydrogen (secondary N) is 1. The van der Waals surface area contributed by atoms with E-state index >= 15 is 0 Å². The Morgan fingerprint density at radius 3 is 2.55 bits per heavy atom. The summed E-state index contributed by atoms with van der Waals surface area (Å²) in [6.07, 6.45) is 2.64. The molecule has 0 atom stereocenters. The van der Waals surface area contributed by atoms with E-state index in [4.69, 9.17) is 9.72 Å². The van der Waals surface area contributed by atoms with E-state index in [1.807, 2.05) is 48.5 Å². The van der Waals surface area contributed by atoms with Crippen LogP contribution in [-0.2, 0) is 11.2 Å². The molecule has 1 aliphatic rings. The van der Waals surface area contributed by atoms with Crippen molar-refractivity contribution in [2.24, 2.45) is 0 Å². The fourth-order valence-electron chi connectivity index (χ4n) is 3.91. The largest absolute Gasteiger partial charge is 0.495 e. The molecule has 2 aromatic carbocycles. The Bertz CT molecular complexity index is 1090. The molecule has 2 heterocycles. The van der Waals surface area contributed by atoms with Crippen molar-refractivity contribution in [2.45, 2.75) is 18.5 Å². The summed E-state index contributed by atoms with van der Waals surface area (Å²) in [5.74, 6) is 2.00. The Morgan fingerprint density at radius 1 is 1.03 bits per heavy atom. The van der Waals surface area contributed by atoms with Crippen LogP contribution in [0.15, 0.2) is 66.0 Å². The molecule has 1 saturated heterocycles. The van der Waals surface area contributed by atoms with Crippen LogP contribution in [0.3, 0.4) is 0 Å². The van der Waals surface area contributed by atoms with Crippen LogP contribution in [0.4, 0.5) is 17.2 Å².